The van der Waals surface area contributed by atoms with Crippen LogP contribution in [0.2, 0.25) is 0 Å². The van der Waals surface area contributed by atoms with E-state index < -0.39 is 29.4 Å². The molecule has 0 unspecified atom stereocenters. The van der Waals surface area contributed by atoms with Crippen molar-refractivity contribution in [1.82, 2.24) is 9.88 Å². The number of carboxylic acids is 1. The van der Waals surface area contributed by atoms with Crippen LogP contribution in [0.3, 0.4) is 0 Å². The van der Waals surface area contributed by atoms with Crippen LogP contribution in [0.25, 0.3) is 0 Å². The van der Waals surface area contributed by atoms with Gasteiger partial charge in [-0.15, -0.1) is 0 Å². The molecular weight excluding hydrogens is 468 g/mol. The summed E-state index contributed by atoms with van der Waals surface area (Å²) in [5.74, 6) is -1.21. The van der Waals surface area contributed by atoms with Crippen LogP contribution < -0.4 is 0 Å². The van der Waals surface area contributed by atoms with Crippen LogP contribution >= 0.6 is 0 Å². The summed E-state index contributed by atoms with van der Waals surface area (Å²) in [6.45, 7) is 6.95. The van der Waals surface area contributed by atoms with Gasteiger partial charge in [-0.25, -0.2) is 14.6 Å². The minimum Gasteiger partial charge on any atom is -0.477 e. The van der Waals surface area contributed by atoms with E-state index in [-0.39, 0.29) is 42.5 Å². The van der Waals surface area contributed by atoms with Gasteiger partial charge in [0, 0.05) is 18.9 Å². The fourth-order valence-corrected chi connectivity index (χ4v) is 5.97. The van der Waals surface area contributed by atoms with Gasteiger partial charge in [0.25, 0.3) is 0 Å². The van der Waals surface area contributed by atoms with E-state index in [0.717, 1.165) is 12.8 Å². The number of hydrogen-bond donors (Lipinski definition) is 2. The molecule has 10 nitrogen and oxygen atoms in total. The Morgan fingerprint density at radius 1 is 1.31 bits per heavy atom. The number of aromatic carboxylic acids is 1. The summed E-state index contributed by atoms with van der Waals surface area (Å²) in [6, 6.07) is 2.85. The van der Waals surface area contributed by atoms with E-state index in [4.69, 9.17) is 24.1 Å². The summed E-state index contributed by atoms with van der Waals surface area (Å²) in [5.41, 5.74) is -0.419. The average molecular weight is 503 g/mol. The SMILES string of the molecule is CO[C@@H]1[C@H](OC(=O)N2CC(O)(c3ccc(C(=O)O)nc3)C2)CC[C@]2(CO2)[C@H]1[C@@]1(C)O[C@@H]1CC=C(C)C. The predicted octanol–water partition coefficient (Wildman–Crippen LogP) is 2.50. The fraction of sp³-hybridized carbons (Fsp3) is 0.654. The molecule has 3 saturated heterocycles. The van der Waals surface area contributed by atoms with E-state index in [9.17, 15) is 14.7 Å². The van der Waals surface area contributed by atoms with Crippen molar-refractivity contribution in [2.45, 2.75) is 75.1 Å². The Morgan fingerprint density at radius 2 is 2.03 bits per heavy atom. The third-order valence-corrected chi connectivity index (χ3v) is 8.17. The van der Waals surface area contributed by atoms with Crippen molar-refractivity contribution in [2.75, 3.05) is 26.8 Å². The molecule has 1 aliphatic carbocycles. The molecule has 4 aliphatic rings. The molecule has 1 spiro atoms. The van der Waals surface area contributed by atoms with Gasteiger partial charge in [-0.05, 0) is 46.1 Å². The number of β-amino-alcohol motifs (C(OH)–C–C–N with tert-alkyl or cyclic N) is 1. The molecule has 4 fully saturated rings. The number of aliphatic hydroxyl groups is 1. The molecular formula is C26H34N2O8. The quantitative estimate of drug-likeness (QED) is 0.426. The standard InChI is InChI=1S/C26H34N2O8/c1-15(2)5-8-19-24(3,36-19)21-20(33-4)18(9-10-26(21)14-34-26)35-23(31)28-12-25(32,13-28)16-6-7-17(22(29)30)27-11-16/h5-7,11,18-21,32H,8-10,12-14H2,1-4H3,(H,29,30)/t18-,19-,20-,21-,24+,26+/m1/s1. The zero-order chi connectivity index (χ0) is 25.9. The topological polar surface area (TPSA) is 134 Å². The van der Waals surface area contributed by atoms with Gasteiger partial charge < -0.3 is 34.1 Å². The summed E-state index contributed by atoms with van der Waals surface area (Å²) in [5, 5.41) is 19.9. The number of carboxylic acid groups (broad SMARTS) is 1. The maximum absolute atomic E-state index is 13.0. The second-order valence-electron chi connectivity index (χ2n) is 10.9. The highest BCUT2D eigenvalue weighted by atomic mass is 16.6. The zero-order valence-electron chi connectivity index (χ0n) is 21.1. The second-order valence-corrected chi connectivity index (χ2v) is 10.9. The maximum atomic E-state index is 13.0. The van der Waals surface area contributed by atoms with Gasteiger partial charge in [0.1, 0.15) is 34.7 Å². The fourth-order valence-electron chi connectivity index (χ4n) is 5.97. The minimum absolute atomic E-state index is 0.0341. The average Bonchev–Trinajstić information content (AvgIpc) is 3.73. The van der Waals surface area contributed by atoms with Crippen LogP contribution in [0.4, 0.5) is 4.79 Å². The molecule has 4 heterocycles. The monoisotopic (exact) mass is 502 g/mol. The van der Waals surface area contributed by atoms with E-state index in [1.54, 1.807) is 7.11 Å². The first kappa shape index (κ1) is 25.1. The van der Waals surface area contributed by atoms with Gasteiger partial charge in [0.15, 0.2) is 0 Å². The van der Waals surface area contributed by atoms with Crippen LogP contribution in [0.15, 0.2) is 30.0 Å². The molecule has 3 aliphatic heterocycles. The molecule has 1 aromatic heterocycles. The number of amides is 1. The van der Waals surface area contributed by atoms with Crippen molar-refractivity contribution in [3.05, 3.63) is 41.2 Å². The smallest absolute Gasteiger partial charge is 0.410 e. The minimum atomic E-state index is -1.29. The van der Waals surface area contributed by atoms with E-state index in [1.165, 1.54) is 28.8 Å². The van der Waals surface area contributed by atoms with Crippen LogP contribution in [-0.4, -0.2) is 88.5 Å². The van der Waals surface area contributed by atoms with Crippen molar-refractivity contribution >= 4 is 12.1 Å². The molecule has 6 atom stereocenters. The third kappa shape index (κ3) is 4.30. The zero-order valence-corrected chi connectivity index (χ0v) is 21.1. The third-order valence-electron chi connectivity index (χ3n) is 8.17. The van der Waals surface area contributed by atoms with Crippen molar-refractivity contribution in [2.24, 2.45) is 5.92 Å². The first-order valence-corrected chi connectivity index (χ1v) is 12.4. The molecule has 10 heteroatoms. The van der Waals surface area contributed by atoms with Crippen molar-refractivity contribution in [1.29, 1.82) is 0 Å². The molecule has 36 heavy (non-hydrogen) atoms. The molecule has 0 bridgehead atoms. The molecule has 2 N–H and O–H groups in total. The molecule has 5 rings (SSSR count). The summed E-state index contributed by atoms with van der Waals surface area (Å²) >= 11 is 0. The maximum Gasteiger partial charge on any atom is 0.410 e. The lowest BCUT2D eigenvalue weighted by Gasteiger charge is -2.47. The van der Waals surface area contributed by atoms with Gasteiger partial charge in [-0.1, -0.05) is 17.7 Å². The molecule has 0 aromatic carbocycles. The normalized spacial score (nSPS) is 36.1. The predicted molar refractivity (Wildman–Crippen MR) is 126 cm³/mol. The van der Waals surface area contributed by atoms with Crippen LogP contribution in [0, 0.1) is 5.92 Å². The summed E-state index contributed by atoms with van der Waals surface area (Å²) < 4.78 is 24.0. The second kappa shape index (κ2) is 8.79. The Hall–Kier alpha value is -2.53. The van der Waals surface area contributed by atoms with Crippen LogP contribution in [0.5, 0.6) is 0 Å². The largest absolute Gasteiger partial charge is 0.477 e. The first-order chi connectivity index (χ1) is 17.0. The molecule has 196 valence electrons. The number of aromatic nitrogens is 1. The van der Waals surface area contributed by atoms with Crippen molar-refractivity contribution in [3.63, 3.8) is 0 Å². The van der Waals surface area contributed by atoms with Gasteiger partial charge in [-0.2, -0.15) is 0 Å². The lowest BCUT2D eigenvalue weighted by molar-refractivity contribution is -0.138. The first-order valence-electron chi connectivity index (χ1n) is 12.4. The van der Waals surface area contributed by atoms with E-state index >= 15 is 0 Å². The Balaban J connectivity index is 1.23. The Morgan fingerprint density at radius 3 is 2.58 bits per heavy atom. The van der Waals surface area contributed by atoms with Crippen molar-refractivity contribution < 1.29 is 38.7 Å². The highest BCUT2D eigenvalue weighted by molar-refractivity contribution is 5.85. The van der Waals surface area contributed by atoms with Crippen molar-refractivity contribution in [3.8, 4) is 0 Å². The lowest BCUT2D eigenvalue weighted by Crippen LogP contribution is -2.62. The summed E-state index contributed by atoms with van der Waals surface area (Å²) in [6.07, 6.45) is 4.42. The summed E-state index contributed by atoms with van der Waals surface area (Å²) in [4.78, 5) is 29.3. The van der Waals surface area contributed by atoms with E-state index in [0.29, 0.717) is 18.6 Å². The number of methoxy groups -OCH3 is 1. The number of pyridine rings is 1. The van der Waals surface area contributed by atoms with Crippen LogP contribution in [0.1, 0.15) is 56.1 Å². The number of carbonyl (C=O) groups is 2. The number of allylic oxidation sites excluding steroid dienone is 1. The highest BCUT2D eigenvalue weighted by Gasteiger charge is 2.72. The number of carbonyl (C=O) groups excluding carboxylic acids is 1. The number of epoxide rings is 2. The Kier molecular flexibility index (Phi) is 6.14. The Labute approximate surface area is 210 Å². The highest BCUT2D eigenvalue weighted by Crippen LogP contribution is 2.59. The summed E-state index contributed by atoms with van der Waals surface area (Å²) in [7, 11) is 1.63. The van der Waals surface area contributed by atoms with Gasteiger partial charge in [0.05, 0.1) is 31.7 Å². The van der Waals surface area contributed by atoms with Gasteiger partial charge in [0.2, 0.25) is 0 Å². The number of rotatable bonds is 7. The number of ether oxygens (including phenoxy) is 4. The number of hydrogen-bond acceptors (Lipinski definition) is 8. The Bertz CT molecular complexity index is 1060. The molecule has 0 radical (unpaired) electrons. The molecule has 1 aromatic rings. The van der Waals surface area contributed by atoms with E-state index in [2.05, 4.69) is 31.8 Å². The molecule has 1 amide bonds. The lowest BCUT2D eigenvalue weighted by atomic mass is 9.68. The number of likely N-dealkylation sites (tertiary alicyclic amines) is 1. The van der Waals surface area contributed by atoms with Gasteiger partial charge >= 0.3 is 12.1 Å². The molecule has 1 saturated carbocycles. The van der Waals surface area contributed by atoms with Crippen LogP contribution in [-0.2, 0) is 24.5 Å². The van der Waals surface area contributed by atoms with Gasteiger partial charge in [-0.3, -0.25) is 0 Å². The van der Waals surface area contributed by atoms with E-state index in [1.807, 2.05) is 0 Å². The number of nitrogens with zero attached hydrogens (tertiary/aromatic N) is 2.